The zero-order valence-corrected chi connectivity index (χ0v) is 29.5. The zero-order chi connectivity index (χ0) is 37.2. The fourth-order valence-corrected chi connectivity index (χ4v) is 10.8. The van der Waals surface area contributed by atoms with Crippen LogP contribution in [-0.4, -0.2) is 140 Å². The van der Waals surface area contributed by atoms with Crippen molar-refractivity contribution < 1.29 is 74.1 Å². The number of carbonyl (C=O) groups excluding carboxylic acids is 1. The molecule has 8 N–H and O–H groups in total. The molecule has 0 aromatic carbocycles. The second-order valence-corrected chi connectivity index (χ2v) is 16.6. The minimum Gasteiger partial charge on any atom is -0.481 e. The molecule has 15 heteroatoms. The highest BCUT2D eigenvalue weighted by Gasteiger charge is 2.67. The number of rotatable bonds is 10. The van der Waals surface area contributed by atoms with Crippen molar-refractivity contribution in [3.63, 3.8) is 0 Å². The van der Waals surface area contributed by atoms with Gasteiger partial charge >= 0.3 is 11.9 Å². The van der Waals surface area contributed by atoms with E-state index in [1.165, 1.54) is 0 Å². The summed E-state index contributed by atoms with van der Waals surface area (Å²) in [6, 6.07) is 0. The standard InChI is InChI=1S/C36H56O15/c1-15(2)9-24(39)50-30-29(51-33-28(43)27(42)25(40)21(13-37)48-33)26(41)22(14-38)49-34(30)47-18-10-19(32(45)46)20-7-8-36-11-17(16(3)31(36)44)5-6-23(36)35(20,4)12-18/h15,17-23,25-31,33-34,37-38,40-44H,3,5-14H2,1-2,4H3,(H,45,46). The molecule has 6 fully saturated rings. The maximum atomic E-state index is 13.2. The maximum Gasteiger partial charge on any atom is 0.306 e. The van der Waals surface area contributed by atoms with Gasteiger partial charge in [-0.15, -0.1) is 0 Å². The number of fused-ring (bicyclic) bond motifs is 3. The molecular formula is C36H56O15. The summed E-state index contributed by atoms with van der Waals surface area (Å²) in [6.07, 6.45) is -13.1. The third-order valence-corrected chi connectivity index (χ3v) is 13.2. The van der Waals surface area contributed by atoms with Crippen LogP contribution < -0.4 is 0 Å². The van der Waals surface area contributed by atoms with Gasteiger partial charge in [-0.2, -0.15) is 0 Å². The first-order valence-electron chi connectivity index (χ1n) is 18.4. The molecule has 0 amide bonds. The summed E-state index contributed by atoms with van der Waals surface area (Å²) in [5, 5.41) is 84.8. The number of aliphatic hydroxyl groups is 7. The van der Waals surface area contributed by atoms with Crippen LogP contribution in [0.1, 0.15) is 72.1 Å². The molecule has 6 rings (SSSR count). The largest absolute Gasteiger partial charge is 0.481 e. The van der Waals surface area contributed by atoms with Gasteiger partial charge in [0.05, 0.1) is 31.3 Å². The van der Waals surface area contributed by atoms with E-state index in [1.807, 2.05) is 0 Å². The Hall–Kier alpha value is -1.76. The molecule has 0 aromatic rings. The van der Waals surface area contributed by atoms with Gasteiger partial charge < -0.3 is 64.5 Å². The van der Waals surface area contributed by atoms with Crippen molar-refractivity contribution in [1.82, 2.24) is 0 Å². The molecule has 2 aliphatic heterocycles. The van der Waals surface area contributed by atoms with E-state index in [-0.39, 0.29) is 36.5 Å². The van der Waals surface area contributed by atoms with Crippen molar-refractivity contribution in [2.45, 2.75) is 146 Å². The topological polar surface area (TPSA) is 242 Å². The van der Waals surface area contributed by atoms with Crippen LogP contribution in [-0.2, 0) is 33.3 Å². The van der Waals surface area contributed by atoms with Gasteiger partial charge in [-0.1, -0.05) is 27.4 Å². The number of carboxylic acids is 1. The van der Waals surface area contributed by atoms with E-state index in [1.54, 1.807) is 13.8 Å². The van der Waals surface area contributed by atoms with E-state index in [4.69, 9.17) is 23.7 Å². The van der Waals surface area contributed by atoms with E-state index in [0.29, 0.717) is 12.8 Å². The second kappa shape index (κ2) is 14.8. The molecule has 4 saturated carbocycles. The molecule has 2 saturated heterocycles. The van der Waals surface area contributed by atoms with Crippen LogP contribution in [0.2, 0.25) is 0 Å². The minimum atomic E-state index is -1.85. The Morgan fingerprint density at radius 1 is 0.882 bits per heavy atom. The predicted octanol–water partition coefficient (Wildman–Crippen LogP) is -0.163. The Morgan fingerprint density at radius 3 is 2.20 bits per heavy atom. The van der Waals surface area contributed by atoms with Gasteiger partial charge in [0.25, 0.3) is 0 Å². The molecule has 290 valence electrons. The smallest absolute Gasteiger partial charge is 0.306 e. The number of esters is 1. The third kappa shape index (κ3) is 6.79. The number of hydrogen-bond donors (Lipinski definition) is 8. The Bertz CT molecular complexity index is 1290. The average Bonchev–Trinajstić information content (AvgIpc) is 3.25. The molecule has 0 aromatic heterocycles. The molecular weight excluding hydrogens is 672 g/mol. The van der Waals surface area contributed by atoms with Crippen molar-refractivity contribution >= 4 is 11.9 Å². The van der Waals surface area contributed by atoms with Crippen LogP contribution in [0.25, 0.3) is 0 Å². The lowest BCUT2D eigenvalue weighted by atomic mass is 9.43. The number of aliphatic hydroxyl groups excluding tert-OH is 7. The fourth-order valence-electron chi connectivity index (χ4n) is 10.8. The van der Waals surface area contributed by atoms with Crippen molar-refractivity contribution in [1.29, 1.82) is 0 Å². The van der Waals surface area contributed by atoms with E-state index in [2.05, 4.69) is 13.5 Å². The van der Waals surface area contributed by atoms with E-state index in [0.717, 1.165) is 31.3 Å². The molecule has 4 aliphatic carbocycles. The number of hydrogen-bond acceptors (Lipinski definition) is 14. The summed E-state index contributed by atoms with van der Waals surface area (Å²) in [7, 11) is 0. The molecule has 1 spiro atoms. The average molecular weight is 729 g/mol. The van der Waals surface area contributed by atoms with Gasteiger partial charge in [0, 0.05) is 11.8 Å². The molecule has 15 nitrogen and oxygen atoms in total. The van der Waals surface area contributed by atoms with Gasteiger partial charge in [-0.05, 0) is 79.6 Å². The first kappa shape index (κ1) is 38.9. The van der Waals surface area contributed by atoms with Crippen LogP contribution in [0.3, 0.4) is 0 Å². The van der Waals surface area contributed by atoms with Crippen LogP contribution >= 0.6 is 0 Å². The number of aliphatic carboxylic acids is 1. The molecule has 0 radical (unpaired) electrons. The van der Waals surface area contributed by atoms with Gasteiger partial charge in [0.2, 0.25) is 0 Å². The molecule has 18 unspecified atom stereocenters. The van der Waals surface area contributed by atoms with Crippen molar-refractivity contribution in [3.05, 3.63) is 12.2 Å². The van der Waals surface area contributed by atoms with Crippen LogP contribution in [0, 0.1) is 40.4 Å². The summed E-state index contributed by atoms with van der Waals surface area (Å²) in [5.41, 5.74) is -0.0942. The monoisotopic (exact) mass is 728 g/mol. The SMILES string of the molecule is C=C1C2CCC3C4(C)CC(OC5OC(CO)C(O)C(OC6OC(CO)C(O)C(O)C6O)C5OC(=O)CC(C)C)CC(C(=O)O)C4CCC3(C2)C1O. The van der Waals surface area contributed by atoms with Crippen molar-refractivity contribution in [2.24, 2.45) is 40.4 Å². The quantitative estimate of drug-likeness (QED) is 0.0828. The van der Waals surface area contributed by atoms with Crippen LogP contribution in [0.15, 0.2) is 12.2 Å². The van der Waals surface area contributed by atoms with Crippen LogP contribution in [0.5, 0.6) is 0 Å². The Labute approximate surface area is 297 Å². The zero-order valence-electron chi connectivity index (χ0n) is 29.5. The van der Waals surface area contributed by atoms with Crippen molar-refractivity contribution in [2.75, 3.05) is 13.2 Å². The highest BCUT2D eigenvalue weighted by molar-refractivity contribution is 5.71. The minimum absolute atomic E-state index is 0.00345. The highest BCUT2D eigenvalue weighted by Crippen LogP contribution is 2.70. The molecule has 51 heavy (non-hydrogen) atoms. The van der Waals surface area contributed by atoms with E-state index < -0.39 is 116 Å². The van der Waals surface area contributed by atoms with Crippen LogP contribution in [0.4, 0.5) is 0 Å². The number of carboxylic acid groups (broad SMARTS) is 1. The highest BCUT2D eigenvalue weighted by atomic mass is 16.7. The van der Waals surface area contributed by atoms with E-state index >= 15 is 0 Å². The lowest BCUT2D eigenvalue weighted by Gasteiger charge is -2.62. The molecule has 2 bridgehead atoms. The lowest BCUT2D eigenvalue weighted by molar-refractivity contribution is -0.366. The van der Waals surface area contributed by atoms with Crippen molar-refractivity contribution in [3.8, 4) is 0 Å². The number of carbonyl (C=O) groups is 2. The molecule has 18 atom stereocenters. The van der Waals surface area contributed by atoms with Gasteiger partial charge in [-0.25, -0.2) is 0 Å². The van der Waals surface area contributed by atoms with Gasteiger partial charge in [0.15, 0.2) is 18.7 Å². The number of ether oxygens (including phenoxy) is 5. The molecule has 2 heterocycles. The molecule has 6 aliphatic rings. The first-order chi connectivity index (χ1) is 24.1. The first-order valence-corrected chi connectivity index (χ1v) is 18.4. The fraction of sp³-hybridized carbons (Fsp3) is 0.889. The Balaban J connectivity index is 1.31. The maximum absolute atomic E-state index is 13.2. The van der Waals surface area contributed by atoms with Gasteiger partial charge in [0.1, 0.15) is 42.7 Å². The summed E-state index contributed by atoms with van der Waals surface area (Å²) < 4.78 is 30.0. The lowest BCUT2D eigenvalue weighted by Crippen LogP contribution is -2.66. The van der Waals surface area contributed by atoms with E-state index in [9.17, 15) is 50.4 Å². The third-order valence-electron chi connectivity index (χ3n) is 13.2. The predicted molar refractivity (Wildman–Crippen MR) is 174 cm³/mol. The second-order valence-electron chi connectivity index (χ2n) is 16.6. The summed E-state index contributed by atoms with van der Waals surface area (Å²) >= 11 is 0. The summed E-state index contributed by atoms with van der Waals surface area (Å²) in [6.45, 7) is 8.46. The Kier molecular flexibility index (Phi) is 11.3. The van der Waals surface area contributed by atoms with Gasteiger partial charge in [-0.3, -0.25) is 9.59 Å². The Morgan fingerprint density at radius 2 is 1.55 bits per heavy atom. The normalized spacial score (nSPS) is 49.7. The summed E-state index contributed by atoms with van der Waals surface area (Å²) in [4.78, 5) is 26.0. The summed E-state index contributed by atoms with van der Waals surface area (Å²) in [5.74, 6) is -2.49.